The van der Waals surface area contributed by atoms with Crippen molar-refractivity contribution in [2.24, 2.45) is 0 Å². The van der Waals surface area contributed by atoms with Gasteiger partial charge in [-0.3, -0.25) is 9.69 Å². The Bertz CT molecular complexity index is 895. The number of benzene rings is 2. The minimum Gasteiger partial charge on any atom is -0.482 e. The van der Waals surface area contributed by atoms with Crippen molar-refractivity contribution in [3.63, 3.8) is 0 Å². The molecule has 0 bridgehead atoms. The molecule has 1 fully saturated rings. The number of urea groups is 1. The average Bonchev–Trinajstić information content (AvgIpc) is 2.71. The number of piperidine rings is 1. The van der Waals surface area contributed by atoms with E-state index < -0.39 is 0 Å². The smallest absolute Gasteiger partial charge is 0.319 e. The summed E-state index contributed by atoms with van der Waals surface area (Å²) >= 11 is 5.94. The van der Waals surface area contributed by atoms with Gasteiger partial charge < -0.3 is 20.7 Å². The minimum absolute atomic E-state index is 0.0166. The zero-order chi connectivity index (χ0) is 20.2. The molecule has 0 saturated carbocycles. The zero-order valence-corrected chi connectivity index (χ0v) is 16.7. The summed E-state index contributed by atoms with van der Waals surface area (Å²) in [5, 5.41) is 9.35. The third kappa shape index (κ3) is 5.19. The number of carbonyl (C=O) groups excluding carboxylic acids is 2. The van der Waals surface area contributed by atoms with Gasteiger partial charge in [-0.05, 0) is 42.7 Å². The van der Waals surface area contributed by atoms with Gasteiger partial charge in [-0.15, -0.1) is 0 Å². The van der Waals surface area contributed by atoms with E-state index in [4.69, 9.17) is 16.3 Å². The van der Waals surface area contributed by atoms with Gasteiger partial charge in [0.15, 0.2) is 6.61 Å². The molecule has 4 rings (SSSR count). The molecule has 7 nitrogen and oxygen atoms in total. The number of halogens is 1. The number of amides is 3. The SMILES string of the molecule is O=C1COc2cc(NC(=O)NC3CCN(Cc4ccc(Cl)cc4)CC3)ccc2N1. The molecule has 2 aliphatic heterocycles. The van der Waals surface area contributed by atoms with Crippen LogP contribution in [0.15, 0.2) is 42.5 Å². The first-order chi connectivity index (χ1) is 14.0. The quantitative estimate of drug-likeness (QED) is 0.715. The van der Waals surface area contributed by atoms with E-state index in [1.165, 1.54) is 5.56 Å². The second kappa shape index (κ2) is 8.71. The first-order valence-corrected chi connectivity index (χ1v) is 10.0. The van der Waals surface area contributed by atoms with Gasteiger partial charge in [0.2, 0.25) is 0 Å². The summed E-state index contributed by atoms with van der Waals surface area (Å²) in [6.07, 6.45) is 1.81. The lowest BCUT2D eigenvalue weighted by atomic mass is 10.0. The largest absolute Gasteiger partial charge is 0.482 e. The van der Waals surface area contributed by atoms with Crippen molar-refractivity contribution in [3.05, 3.63) is 53.1 Å². The monoisotopic (exact) mass is 414 g/mol. The molecule has 2 aromatic rings. The molecule has 2 aliphatic rings. The van der Waals surface area contributed by atoms with E-state index in [1.807, 2.05) is 24.3 Å². The zero-order valence-electron chi connectivity index (χ0n) is 15.9. The Morgan fingerprint density at radius 1 is 1.17 bits per heavy atom. The van der Waals surface area contributed by atoms with Crippen LogP contribution in [0.4, 0.5) is 16.2 Å². The maximum absolute atomic E-state index is 12.3. The van der Waals surface area contributed by atoms with E-state index in [-0.39, 0.29) is 24.6 Å². The van der Waals surface area contributed by atoms with E-state index in [9.17, 15) is 9.59 Å². The molecule has 3 amide bonds. The molecular weight excluding hydrogens is 392 g/mol. The lowest BCUT2D eigenvalue weighted by molar-refractivity contribution is -0.118. The number of hydrogen-bond donors (Lipinski definition) is 3. The van der Waals surface area contributed by atoms with Gasteiger partial charge in [-0.1, -0.05) is 23.7 Å². The lowest BCUT2D eigenvalue weighted by Gasteiger charge is -2.32. The molecule has 152 valence electrons. The summed E-state index contributed by atoms with van der Waals surface area (Å²) in [6, 6.07) is 13.0. The van der Waals surface area contributed by atoms with Crippen LogP contribution in [0.3, 0.4) is 0 Å². The summed E-state index contributed by atoms with van der Waals surface area (Å²) in [4.78, 5) is 26.1. The Morgan fingerprint density at radius 2 is 1.93 bits per heavy atom. The van der Waals surface area contributed by atoms with Gasteiger partial charge in [-0.25, -0.2) is 4.79 Å². The van der Waals surface area contributed by atoms with Crippen molar-refractivity contribution in [3.8, 4) is 5.75 Å². The summed E-state index contributed by atoms with van der Waals surface area (Å²) in [6.45, 7) is 2.74. The molecular formula is C21H23ClN4O3. The molecule has 0 unspecified atom stereocenters. The molecule has 0 atom stereocenters. The minimum atomic E-state index is -0.235. The normalized spacial score (nSPS) is 17.1. The van der Waals surface area contributed by atoms with E-state index in [2.05, 4.69) is 20.9 Å². The van der Waals surface area contributed by atoms with E-state index in [0.717, 1.165) is 37.5 Å². The molecule has 29 heavy (non-hydrogen) atoms. The molecule has 0 aromatic heterocycles. The molecule has 2 aromatic carbocycles. The third-order valence-corrected chi connectivity index (χ3v) is 5.37. The number of rotatable bonds is 4. The predicted molar refractivity (Wildman–Crippen MR) is 112 cm³/mol. The second-order valence-electron chi connectivity index (χ2n) is 7.32. The summed E-state index contributed by atoms with van der Waals surface area (Å²) in [7, 11) is 0. The van der Waals surface area contributed by atoms with Crippen molar-refractivity contribution < 1.29 is 14.3 Å². The Morgan fingerprint density at radius 3 is 2.69 bits per heavy atom. The number of nitrogens with zero attached hydrogens (tertiary/aromatic N) is 1. The predicted octanol–water partition coefficient (Wildman–Crippen LogP) is 3.46. The fourth-order valence-corrected chi connectivity index (χ4v) is 3.71. The number of fused-ring (bicyclic) bond motifs is 1. The number of ether oxygens (including phenoxy) is 1. The standard InChI is InChI=1S/C21H23ClN4O3/c22-15-3-1-14(2-4-15)12-26-9-7-16(8-10-26)23-21(28)24-17-5-6-18-19(11-17)29-13-20(27)25-18/h1-6,11,16H,7-10,12-13H2,(H,25,27)(H2,23,24,28). The van der Waals surface area contributed by atoms with Crippen molar-refractivity contribution in [2.45, 2.75) is 25.4 Å². The number of hydrogen-bond acceptors (Lipinski definition) is 4. The molecule has 1 saturated heterocycles. The number of likely N-dealkylation sites (tertiary alicyclic amines) is 1. The Hall–Kier alpha value is -2.77. The highest BCUT2D eigenvalue weighted by Crippen LogP contribution is 2.30. The van der Waals surface area contributed by atoms with Crippen LogP contribution < -0.4 is 20.7 Å². The number of carbonyl (C=O) groups is 2. The van der Waals surface area contributed by atoms with Gasteiger partial charge in [0.05, 0.1) is 5.69 Å². The van der Waals surface area contributed by atoms with Crippen molar-refractivity contribution >= 4 is 34.9 Å². The Labute approximate surface area is 174 Å². The fraction of sp³-hybridized carbons (Fsp3) is 0.333. The molecule has 0 aliphatic carbocycles. The molecule has 8 heteroatoms. The average molecular weight is 415 g/mol. The van der Waals surface area contributed by atoms with E-state index >= 15 is 0 Å². The first-order valence-electron chi connectivity index (χ1n) is 9.66. The summed E-state index contributed by atoms with van der Waals surface area (Å²) < 4.78 is 5.38. The molecule has 2 heterocycles. The number of anilines is 2. The highest BCUT2D eigenvalue weighted by Gasteiger charge is 2.21. The van der Waals surface area contributed by atoms with Crippen molar-refractivity contribution in [1.29, 1.82) is 0 Å². The van der Waals surface area contributed by atoms with Crippen LogP contribution in [0.5, 0.6) is 5.75 Å². The Kier molecular flexibility index (Phi) is 5.87. The highest BCUT2D eigenvalue weighted by atomic mass is 35.5. The van der Waals surface area contributed by atoms with Crippen LogP contribution in [0.2, 0.25) is 5.02 Å². The van der Waals surface area contributed by atoms with Gasteiger partial charge in [0.1, 0.15) is 5.75 Å². The first kappa shape index (κ1) is 19.5. The van der Waals surface area contributed by atoms with Crippen LogP contribution in [0.25, 0.3) is 0 Å². The van der Waals surface area contributed by atoms with Crippen LogP contribution in [-0.2, 0) is 11.3 Å². The van der Waals surface area contributed by atoms with Crippen molar-refractivity contribution in [2.75, 3.05) is 30.3 Å². The van der Waals surface area contributed by atoms with Crippen LogP contribution >= 0.6 is 11.6 Å². The van der Waals surface area contributed by atoms with Gasteiger partial charge >= 0.3 is 6.03 Å². The number of nitrogens with one attached hydrogen (secondary N) is 3. The van der Waals surface area contributed by atoms with Gasteiger partial charge in [-0.2, -0.15) is 0 Å². The molecule has 3 N–H and O–H groups in total. The summed E-state index contributed by atoms with van der Waals surface area (Å²) in [5.74, 6) is 0.372. The fourth-order valence-electron chi connectivity index (χ4n) is 3.59. The van der Waals surface area contributed by atoms with E-state index in [0.29, 0.717) is 17.1 Å². The second-order valence-corrected chi connectivity index (χ2v) is 7.76. The van der Waals surface area contributed by atoms with Gasteiger partial charge in [0, 0.05) is 42.5 Å². The lowest BCUT2D eigenvalue weighted by Crippen LogP contribution is -2.45. The van der Waals surface area contributed by atoms with Crippen LogP contribution in [0.1, 0.15) is 18.4 Å². The maximum atomic E-state index is 12.3. The van der Waals surface area contributed by atoms with Gasteiger partial charge in [0.25, 0.3) is 5.91 Å². The summed E-state index contributed by atoms with van der Waals surface area (Å²) in [5.41, 5.74) is 2.47. The molecule has 0 spiro atoms. The molecule has 0 radical (unpaired) electrons. The Balaban J connectivity index is 1.24. The van der Waals surface area contributed by atoms with Crippen molar-refractivity contribution in [1.82, 2.24) is 10.2 Å². The highest BCUT2D eigenvalue weighted by molar-refractivity contribution is 6.30. The van der Waals surface area contributed by atoms with E-state index in [1.54, 1.807) is 18.2 Å². The maximum Gasteiger partial charge on any atom is 0.319 e. The van der Waals surface area contributed by atoms with Crippen LogP contribution in [0, 0.1) is 0 Å². The third-order valence-electron chi connectivity index (χ3n) is 5.11. The topological polar surface area (TPSA) is 82.7 Å². The van der Waals surface area contributed by atoms with Crippen LogP contribution in [-0.4, -0.2) is 42.6 Å².